The molecule has 78 valence electrons. The van der Waals surface area contributed by atoms with Crippen LogP contribution in [0.3, 0.4) is 0 Å². The zero-order valence-electron chi connectivity index (χ0n) is 6.10. The van der Waals surface area contributed by atoms with Crippen molar-refractivity contribution >= 4 is 7.81 Å². The van der Waals surface area contributed by atoms with Crippen LogP contribution in [0.4, 0.5) is 25.2 Å². The number of rotatable bonds is 0. The first-order valence-electron chi connectivity index (χ1n) is 2.92. The van der Waals surface area contributed by atoms with E-state index in [-0.39, 0.29) is 0 Å². The van der Waals surface area contributed by atoms with Crippen molar-refractivity contribution in [3.63, 3.8) is 0 Å². The molecule has 0 bridgehead atoms. The van der Waals surface area contributed by atoms with E-state index in [1.165, 1.54) is 0 Å². The molecule has 1 heterocycles. The third-order valence-electron chi connectivity index (χ3n) is 0.607. The van der Waals surface area contributed by atoms with Crippen molar-refractivity contribution in [1.29, 1.82) is 0 Å². The first kappa shape index (κ1) is 12.2. The molecule has 1 rings (SSSR count). The second-order valence-electron chi connectivity index (χ2n) is 2.04. The summed E-state index contributed by atoms with van der Waals surface area (Å²) in [7, 11) is -10.7. The summed E-state index contributed by atoms with van der Waals surface area (Å²) >= 11 is 0. The van der Waals surface area contributed by atoms with Gasteiger partial charge in [0.05, 0.1) is 0 Å². The van der Waals surface area contributed by atoms with Crippen molar-refractivity contribution in [2.24, 2.45) is 0 Å². The van der Waals surface area contributed by atoms with Gasteiger partial charge >= 0.3 is 33.0 Å². The van der Waals surface area contributed by atoms with Crippen LogP contribution in [0.2, 0.25) is 0 Å². The Kier molecular flexibility index (Phi) is 2.65. The smallest absolute Gasteiger partial charge is 0.166 e. The SMILES string of the molecule is F[P-](F)(F)(F)(F)F.c1cc[nH+]cc1. The summed E-state index contributed by atoms with van der Waals surface area (Å²) in [5.41, 5.74) is 0. The molecule has 1 nitrogen and oxygen atoms in total. The average molecular weight is 225 g/mol. The fraction of sp³-hybridized carbons (Fsp3) is 0. The molecule has 0 aliphatic carbocycles. The Morgan fingerprint density at radius 2 is 1.00 bits per heavy atom. The van der Waals surface area contributed by atoms with Gasteiger partial charge in [-0.05, 0) is 0 Å². The maximum Gasteiger partial charge on any atom is 0.166 e. The molecular weight excluding hydrogens is 219 g/mol. The molecule has 0 atom stereocenters. The number of nitrogens with one attached hydrogen (secondary N) is 1. The van der Waals surface area contributed by atoms with Gasteiger partial charge in [0.25, 0.3) is 0 Å². The maximum atomic E-state index is 9.87. The molecule has 1 aromatic rings. The molecule has 0 aromatic carbocycles. The van der Waals surface area contributed by atoms with Gasteiger partial charge in [0.15, 0.2) is 12.4 Å². The van der Waals surface area contributed by atoms with Gasteiger partial charge in [-0.15, -0.1) is 0 Å². The zero-order chi connectivity index (χ0) is 10.7. The third kappa shape index (κ3) is 35.2. The van der Waals surface area contributed by atoms with Gasteiger partial charge in [0.2, 0.25) is 0 Å². The standard InChI is InChI=1S/C5H5N.F6P/c1-2-4-6-5-3-1;1-7(2,3,4,5)6/h1-5H;/q;-1/p+1. The molecule has 0 aliphatic rings. The van der Waals surface area contributed by atoms with Crippen molar-refractivity contribution in [3.05, 3.63) is 30.6 Å². The third-order valence-corrected chi connectivity index (χ3v) is 0.607. The molecule has 0 amide bonds. The minimum absolute atomic E-state index is 1.88. The number of H-pyrrole nitrogens is 1. The summed E-state index contributed by atoms with van der Waals surface area (Å²) < 4.78 is 59.2. The molecule has 1 N–H and O–H groups in total. The van der Waals surface area contributed by atoms with Crippen molar-refractivity contribution in [3.8, 4) is 0 Å². The van der Waals surface area contributed by atoms with Crippen LogP contribution in [0.5, 0.6) is 0 Å². The molecule has 0 saturated carbocycles. The fourth-order valence-corrected chi connectivity index (χ4v) is 0.342. The van der Waals surface area contributed by atoms with E-state index >= 15 is 0 Å². The Labute approximate surface area is 69.6 Å². The van der Waals surface area contributed by atoms with E-state index in [1.807, 2.05) is 30.6 Å². The average Bonchev–Trinajstić information content (AvgIpc) is 1.84. The van der Waals surface area contributed by atoms with Gasteiger partial charge in [0, 0.05) is 12.1 Å². The summed E-state index contributed by atoms with van der Waals surface area (Å²) in [4.78, 5) is 2.89. The van der Waals surface area contributed by atoms with E-state index in [0.29, 0.717) is 0 Å². The van der Waals surface area contributed by atoms with Gasteiger partial charge in [-0.3, -0.25) is 0 Å². The summed E-state index contributed by atoms with van der Waals surface area (Å²) in [6, 6.07) is 5.86. The quantitative estimate of drug-likeness (QED) is 0.469. The number of halogens is 6. The molecule has 0 unspecified atom stereocenters. The van der Waals surface area contributed by atoms with Crippen LogP contribution in [-0.4, -0.2) is 0 Å². The minimum atomic E-state index is -10.7. The second-order valence-corrected chi connectivity index (χ2v) is 3.95. The Morgan fingerprint density at radius 3 is 1.08 bits per heavy atom. The van der Waals surface area contributed by atoms with Crippen LogP contribution >= 0.6 is 7.81 Å². The van der Waals surface area contributed by atoms with Crippen LogP contribution in [0.15, 0.2) is 30.6 Å². The first-order valence-corrected chi connectivity index (χ1v) is 4.95. The van der Waals surface area contributed by atoms with E-state index in [2.05, 4.69) is 4.98 Å². The van der Waals surface area contributed by atoms with Gasteiger partial charge in [0.1, 0.15) is 0 Å². The fourth-order valence-electron chi connectivity index (χ4n) is 0.342. The number of pyridine rings is 1. The molecule has 13 heavy (non-hydrogen) atoms. The Hall–Kier alpha value is -0.840. The van der Waals surface area contributed by atoms with Crippen LogP contribution in [-0.2, 0) is 0 Å². The first-order chi connectivity index (χ1) is 5.45. The number of hydrogen-bond acceptors (Lipinski definition) is 0. The summed E-state index contributed by atoms with van der Waals surface area (Å²) in [6.45, 7) is 0. The van der Waals surface area contributed by atoms with Crippen molar-refractivity contribution in [1.82, 2.24) is 0 Å². The second kappa shape index (κ2) is 2.83. The van der Waals surface area contributed by atoms with E-state index in [4.69, 9.17) is 0 Å². The summed E-state index contributed by atoms with van der Waals surface area (Å²) in [5, 5.41) is 0. The predicted molar refractivity (Wildman–Crippen MR) is 36.6 cm³/mol. The molecule has 0 saturated heterocycles. The number of aromatic amines is 1. The monoisotopic (exact) mass is 225 g/mol. The van der Waals surface area contributed by atoms with Gasteiger partial charge < -0.3 is 0 Å². The van der Waals surface area contributed by atoms with Crippen molar-refractivity contribution in [2.45, 2.75) is 0 Å². The summed E-state index contributed by atoms with van der Waals surface area (Å²) in [6.07, 6.45) is 3.75. The molecule has 0 fully saturated rings. The largest absolute Gasteiger partial charge is 0.218 e. The van der Waals surface area contributed by atoms with Crippen LogP contribution in [0.1, 0.15) is 0 Å². The topological polar surface area (TPSA) is 14.1 Å². The molecule has 0 radical (unpaired) electrons. The van der Waals surface area contributed by atoms with Crippen molar-refractivity contribution in [2.75, 3.05) is 0 Å². The van der Waals surface area contributed by atoms with Gasteiger partial charge in [-0.25, -0.2) is 4.98 Å². The van der Waals surface area contributed by atoms with E-state index in [1.54, 1.807) is 0 Å². The minimum Gasteiger partial charge on any atom is -0.218 e. The maximum absolute atomic E-state index is 10.7. The summed E-state index contributed by atoms with van der Waals surface area (Å²) in [5.74, 6) is 0. The number of aromatic nitrogens is 1. The van der Waals surface area contributed by atoms with Gasteiger partial charge in [-0.1, -0.05) is 6.07 Å². The van der Waals surface area contributed by atoms with E-state index in [9.17, 15) is 25.2 Å². The molecule has 0 spiro atoms. The molecule has 8 heteroatoms. The van der Waals surface area contributed by atoms with E-state index < -0.39 is 7.81 Å². The Balaban J connectivity index is 0.000000223. The van der Waals surface area contributed by atoms with Crippen LogP contribution < -0.4 is 4.98 Å². The molecular formula is C5H6F6NP. The number of hydrogen-bond donors (Lipinski definition) is 0. The zero-order valence-corrected chi connectivity index (χ0v) is 7.00. The van der Waals surface area contributed by atoms with Crippen molar-refractivity contribution < 1.29 is 30.2 Å². The van der Waals surface area contributed by atoms with Crippen LogP contribution in [0.25, 0.3) is 0 Å². The predicted octanol–water partition coefficient (Wildman–Crippen LogP) is 3.88. The normalized spacial score (nSPS) is 16.2. The molecule has 0 aliphatic heterocycles. The molecule has 1 aromatic heterocycles. The van der Waals surface area contributed by atoms with Gasteiger partial charge in [-0.2, -0.15) is 0 Å². The van der Waals surface area contributed by atoms with E-state index in [0.717, 1.165) is 0 Å². The van der Waals surface area contributed by atoms with Crippen LogP contribution in [0, 0.1) is 0 Å². The Bertz CT molecular complexity index is 213. The Morgan fingerprint density at radius 1 is 0.692 bits per heavy atom.